The quantitative estimate of drug-likeness (QED) is 0.511. The maximum atomic E-state index is 4.55. The number of hydrogen-bond acceptors (Lipinski definition) is 1. The lowest BCUT2D eigenvalue weighted by Gasteiger charge is -2.11. The zero-order valence-electron chi connectivity index (χ0n) is 15.2. The van der Waals surface area contributed by atoms with Crippen molar-refractivity contribution in [1.29, 1.82) is 0 Å². The minimum Gasteiger partial charge on any atom is -0.256 e. The highest BCUT2D eigenvalue weighted by molar-refractivity contribution is 5.79. The molecule has 0 N–H and O–H groups in total. The lowest BCUT2D eigenvalue weighted by atomic mass is 9.94. The van der Waals surface area contributed by atoms with E-state index in [2.05, 4.69) is 79.5 Å². The van der Waals surface area contributed by atoms with Crippen molar-refractivity contribution in [2.45, 2.75) is 27.2 Å². The van der Waals surface area contributed by atoms with Crippen molar-refractivity contribution in [2.24, 2.45) is 5.92 Å². The van der Waals surface area contributed by atoms with Gasteiger partial charge in [0.05, 0.1) is 5.69 Å². The summed E-state index contributed by atoms with van der Waals surface area (Å²) in [6.45, 7) is 6.57. The van der Waals surface area contributed by atoms with Crippen LogP contribution in [0, 0.1) is 5.92 Å². The largest absolute Gasteiger partial charge is 0.256 e. The van der Waals surface area contributed by atoms with Gasteiger partial charge in [-0.1, -0.05) is 68.5 Å². The molecule has 3 rings (SSSR count). The number of benzene rings is 2. The molecule has 1 nitrogen and oxygen atoms in total. The van der Waals surface area contributed by atoms with Crippen LogP contribution in [0.3, 0.4) is 0 Å². The zero-order chi connectivity index (χ0) is 17.6. The Bertz CT molecular complexity index is 860. The van der Waals surface area contributed by atoms with Crippen LogP contribution in [0.25, 0.3) is 28.5 Å². The third-order valence-corrected chi connectivity index (χ3v) is 4.24. The molecule has 25 heavy (non-hydrogen) atoms. The van der Waals surface area contributed by atoms with Crippen LogP contribution < -0.4 is 0 Å². The van der Waals surface area contributed by atoms with Gasteiger partial charge in [0.2, 0.25) is 0 Å². The molecule has 3 aromatic rings. The molecule has 126 valence electrons. The van der Waals surface area contributed by atoms with Gasteiger partial charge in [-0.25, -0.2) is 0 Å². The van der Waals surface area contributed by atoms with Gasteiger partial charge in [-0.2, -0.15) is 0 Å². The number of aromatic nitrogens is 1. The summed E-state index contributed by atoms with van der Waals surface area (Å²) in [7, 11) is 0. The molecule has 1 heterocycles. The summed E-state index contributed by atoms with van der Waals surface area (Å²) >= 11 is 0. The molecule has 0 aliphatic heterocycles. The van der Waals surface area contributed by atoms with Crippen molar-refractivity contribution in [1.82, 2.24) is 4.98 Å². The van der Waals surface area contributed by atoms with Crippen LogP contribution in [-0.4, -0.2) is 4.98 Å². The minimum absolute atomic E-state index is 0.663. The van der Waals surface area contributed by atoms with E-state index in [1.165, 1.54) is 27.8 Å². The normalized spacial score (nSPS) is 11.4. The first-order chi connectivity index (χ1) is 12.2. The number of hydrogen-bond donors (Lipinski definition) is 0. The number of nitrogens with zero attached hydrogens (tertiary/aromatic N) is 1. The summed E-state index contributed by atoms with van der Waals surface area (Å²) in [5.74, 6) is 0.663. The third kappa shape index (κ3) is 4.24. The average molecular weight is 327 g/mol. The van der Waals surface area contributed by atoms with Gasteiger partial charge in [0.25, 0.3) is 0 Å². The van der Waals surface area contributed by atoms with E-state index >= 15 is 0 Å². The Morgan fingerprint density at radius 1 is 0.920 bits per heavy atom. The van der Waals surface area contributed by atoms with E-state index in [1.54, 1.807) is 0 Å². The average Bonchev–Trinajstić information content (AvgIpc) is 2.63. The highest BCUT2D eigenvalue weighted by atomic mass is 14.7. The Hall–Kier alpha value is -2.67. The van der Waals surface area contributed by atoms with Gasteiger partial charge >= 0.3 is 0 Å². The van der Waals surface area contributed by atoms with Gasteiger partial charge in [-0.05, 0) is 59.7 Å². The SMILES string of the molecule is C/C=C\c1ccc(-c2cccc(CC(C)C)c2)cc1-c1ccccn1. The van der Waals surface area contributed by atoms with Crippen LogP contribution in [0.5, 0.6) is 0 Å². The molecule has 0 amide bonds. The molecular formula is C24H25N. The molecule has 0 bridgehead atoms. The molecule has 0 spiro atoms. The maximum Gasteiger partial charge on any atom is 0.0708 e. The Morgan fingerprint density at radius 3 is 2.48 bits per heavy atom. The molecule has 0 fully saturated rings. The Labute approximate surface area is 151 Å². The fraction of sp³-hybridized carbons (Fsp3) is 0.208. The maximum absolute atomic E-state index is 4.55. The van der Waals surface area contributed by atoms with E-state index in [4.69, 9.17) is 0 Å². The van der Waals surface area contributed by atoms with Gasteiger partial charge in [0.1, 0.15) is 0 Å². The molecule has 1 heteroatoms. The van der Waals surface area contributed by atoms with Crippen molar-refractivity contribution < 1.29 is 0 Å². The predicted octanol–water partition coefficient (Wildman–Crippen LogP) is 6.65. The standard InChI is InChI=1S/C24H25N/c1-4-8-20-12-13-22(17-23(20)24-11-5-6-14-25-24)21-10-7-9-19(16-21)15-18(2)3/h4-14,16-18H,15H2,1-3H3/b8-4-. The van der Waals surface area contributed by atoms with Crippen LogP contribution in [0.15, 0.2) is 72.9 Å². The molecular weight excluding hydrogens is 302 g/mol. The first kappa shape index (κ1) is 17.2. The van der Waals surface area contributed by atoms with Crippen molar-refractivity contribution in [3.8, 4) is 22.4 Å². The summed E-state index contributed by atoms with van der Waals surface area (Å²) in [6.07, 6.45) is 7.18. The van der Waals surface area contributed by atoms with E-state index in [0.29, 0.717) is 5.92 Å². The van der Waals surface area contributed by atoms with Crippen LogP contribution in [0.2, 0.25) is 0 Å². The van der Waals surface area contributed by atoms with Crippen molar-refractivity contribution in [3.05, 3.63) is 84.1 Å². The fourth-order valence-corrected chi connectivity index (χ4v) is 3.15. The van der Waals surface area contributed by atoms with Crippen LogP contribution in [-0.2, 0) is 6.42 Å². The number of pyridine rings is 1. The van der Waals surface area contributed by atoms with Crippen molar-refractivity contribution in [2.75, 3.05) is 0 Å². The van der Waals surface area contributed by atoms with E-state index in [0.717, 1.165) is 12.1 Å². The monoisotopic (exact) mass is 327 g/mol. The van der Waals surface area contributed by atoms with Crippen molar-refractivity contribution in [3.63, 3.8) is 0 Å². The van der Waals surface area contributed by atoms with Gasteiger partial charge < -0.3 is 0 Å². The number of allylic oxidation sites excluding steroid dienone is 1. The predicted molar refractivity (Wildman–Crippen MR) is 108 cm³/mol. The van der Waals surface area contributed by atoms with E-state index in [9.17, 15) is 0 Å². The lowest BCUT2D eigenvalue weighted by molar-refractivity contribution is 0.647. The topological polar surface area (TPSA) is 12.9 Å². The summed E-state index contributed by atoms with van der Waals surface area (Å²) in [5.41, 5.74) is 7.27. The molecule has 0 atom stereocenters. The smallest absolute Gasteiger partial charge is 0.0708 e. The Balaban J connectivity index is 2.06. The third-order valence-electron chi connectivity index (χ3n) is 4.24. The molecule has 0 aliphatic carbocycles. The highest BCUT2D eigenvalue weighted by Gasteiger charge is 2.08. The van der Waals surface area contributed by atoms with Crippen LogP contribution in [0.1, 0.15) is 31.9 Å². The van der Waals surface area contributed by atoms with Gasteiger partial charge in [-0.15, -0.1) is 0 Å². The second-order valence-electron chi connectivity index (χ2n) is 6.82. The fourth-order valence-electron chi connectivity index (χ4n) is 3.15. The van der Waals surface area contributed by atoms with E-state index in [-0.39, 0.29) is 0 Å². The molecule has 2 aromatic carbocycles. The zero-order valence-corrected chi connectivity index (χ0v) is 15.2. The highest BCUT2D eigenvalue weighted by Crippen LogP contribution is 2.30. The number of rotatable bonds is 5. The van der Waals surface area contributed by atoms with Crippen LogP contribution in [0.4, 0.5) is 0 Å². The molecule has 0 aliphatic rings. The van der Waals surface area contributed by atoms with Gasteiger partial charge in [-0.3, -0.25) is 4.98 Å². The Kier molecular flexibility index (Phi) is 5.45. The van der Waals surface area contributed by atoms with E-state index in [1.807, 2.05) is 25.3 Å². The van der Waals surface area contributed by atoms with Gasteiger partial charge in [0.15, 0.2) is 0 Å². The minimum atomic E-state index is 0.663. The second-order valence-corrected chi connectivity index (χ2v) is 6.82. The lowest BCUT2D eigenvalue weighted by Crippen LogP contribution is -1.94. The summed E-state index contributed by atoms with van der Waals surface area (Å²) < 4.78 is 0. The summed E-state index contributed by atoms with van der Waals surface area (Å²) in [6, 6.07) is 21.6. The second kappa shape index (κ2) is 7.94. The van der Waals surface area contributed by atoms with E-state index < -0.39 is 0 Å². The first-order valence-electron chi connectivity index (χ1n) is 8.95. The van der Waals surface area contributed by atoms with Gasteiger partial charge in [0, 0.05) is 11.8 Å². The molecule has 0 unspecified atom stereocenters. The molecule has 0 saturated heterocycles. The molecule has 0 saturated carbocycles. The molecule has 0 radical (unpaired) electrons. The summed E-state index contributed by atoms with van der Waals surface area (Å²) in [5, 5.41) is 0. The van der Waals surface area contributed by atoms with Crippen molar-refractivity contribution >= 4 is 6.08 Å². The van der Waals surface area contributed by atoms with Crippen LogP contribution >= 0.6 is 0 Å². The molecule has 1 aromatic heterocycles. The summed E-state index contributed by atoms with van der Waals surface area (Å²) in [4.78, 5) is 4.55. The first-order valence-corrected chi connectivity index (χ1v) is 8.95. The Morgan fingerprint density at radius 2 is 1.76 bits per heavy atom.